The Morgan fingerprint density at radius 1 is 1.47 bits per heavy atom. The highest BCUT2D eigenvalue weighted by molar-refractivity contribution is 9.10. The number of unbranched alkanes of at least 4 members (excludes halogenated alkanes) is 1. The normalized spacial score (nSPS) is 11.9. The second kappa shape index (κ2) is 7.09. The Labute approximate surface area is 105 Å². The van der Waals surface area contributed by atoms with Crippen molar-refractivity contribution < 1.29 is 5.11 Å². The molecule has 0 aliphatic carbocycles. The smallest absolute Gasteiger partial charge is 0.120 e. The van der Waals surface area contributed by atoms with E-state index in [-0.39, 0.29) is 24.2 Å². The predicted octanol–water partition coefficient (Wildman–Crippen LogP) is 3.77. The first kappa shape index (κ1) is 14.8. The van der Waals surface area contributed by atoms with Gasteiger partial charge in [0, 0.05) is 16.1 Å². The van der Waals surface area contributed by atoms with Gasteiger partial charge in [0.15, 0.2) is 0 Å². The van der Waals surface area contributed by atoms with Crippen LogP contribution in [0.4, 0.5) is 0 Å². The summed E-state index contributed by atoms with van der Waals surface area (Å²) >= 11 is 3.37. The Kier molecular flexibility index (Phi) is 6.98. The third-order valence-corrected chi connectivity index (χ3v) is 2.75. The van der Waals surface area contributed by atoms with Gasteiger partial charge in [0.05, 0.1) is 0 Å². The minimum absolute atomic E-state index is 0. The summed E-state index contributed by atoms with van der Waals surface area (Å²) in [6.07, 6.45) is 3.14. The molecule has 0 spiro atoms. The SMILES string of the molecule is CCCC[C@H](N)c1cc(Br)ccc1O.Cl. The van der Waals surface area contributed by atoms with Gasteiger partial charge < -0.3 is 10.8 Å². The fourth-order valence-corrected chi connectivity index (χ4v) is 1.78. The van der Waals surface area contributed by atoms with E-state index in [2.05, 4.69) is 22.9 Å². The van der Waals surface area contributed by atoms with Gasteiger partial charge in [-0.05, 0) is 24.6 Å². The van der Waals surface area contributed by atoms with Gasteiger partial charge in [-0.15, -0.1) is 12.4 Å². The monoisotopic (exact) mass is 293 g/mol. The number of phenolic OH excluding ortho intramolecular Hbond substituents is 1. The van der Waals surface area contributed by atoms with E-state index in [1.165, 1.54) is 0 Å². The number of aromatic hydroxyl groups is 1. The van der Waals surface area contributed by atoms with Gasteiger partial charge in [-0.3, -0.25) is 0 Å². The summed E-state index contributed by atoms with van der Waals surface area (Å²) < 4.78 is 0.956. The van der Waals surface area contributed by atoms with Gasteiger partial charge in [-0.25, -0.2) is 0 Å². The highest BCUT2D eigenvalue weighted by atomic mass is 79.9. The quantitative estimate of drug-likeness (QED) is 0.888. The first-order chi connectivity index (χ1) is 6.65. The average Bonchev–Trinajstić information content (AvgIpc) is 2.18. The van der Waals surface area contributed by atoms with Gasteiger partial charge in [0.1, 0.15) is 5.75 Å². The van der Waals surface area contributed by atoms with E-state index in [1.54, 1.807) is 6.07 Å². The molecule has 15 heavy (non-hydrogen) atoms. The lowest BCUT2D eigenvalue weighted by molar-refractivity contribution is 0.456. The third-order valence-electron chi connectivity index (χ3n) is 2.26. The van der Waals surface area contributed by atoms with Crippen molar-refractivity contribution in [3.63, 3.8) is 0 Å². The fraction of sp³-hybridized carbons (Fsp3) is 0.455. The van der Waals surface area contributed by atoms with Crippen molar-refractivity contribution in [1.29, 1.82) is 0 Å². The number of halogens is 2. The molecule has 1 aromatic rings. The lowest BCUT2D eigenvalue weighted by Gasteiger charge is -2.13. The standard InChI is InChI=1S/C11H16BrNO.ClH/c1-2-3-4-10(13)9-7-8(12)5-6-11(9)14;/h5-7,10,14H,2-4,13H2,1H3;1H/t10-;/m0./s1. The van der Waals surface area contributed by atoms with E-state index in [0.29, 0.717) is 0 Å². The van der Waals surface area contributed by atoms with Crippen LogP contribution in [0.5, 0.6) is 5.75 Å². The molecule has 1 rings (SSSR count). The van der Waals surface area contributed by atoms with Crippen LogP contribution in [0.3, 0.4) is 0 Å². The maximum atomic E-state index is 9.60. The Bertz CT molecular complexity index is 307. The van der Waals surface area contributed by atoms with Crippen LogP contribution in [0.1, 0.15) is 37.8 Å². The predicted molar refractivity (Wildman–Crippen MR) is 69.5 cm³/mol. The minimum atomic E-state index is -0.0625. The number of benzene rings is 1. The number of nitrogens with two attached hydrogens (primary N) is 1. The lowest BCUT2D eigenvalue weighted by atomic mass is 10.0. The van der Waals surface area contributed by atoms with Crippen molar-refractivity contribution >= 4 is 28.3 Å². The minimum Gasteiger partial charge on any atom is -0.508 e. The zero-order valence-corrected chi connectivity index (χ0v) is 11.1. The summed E-state index contributed by atoms with van der Waals surface area (Å²) in [6.45, 7) is 2.13. The number of rotatable bonds is 4. The molecule has 3 N–H and O–H groups in total. The summed E-state index contributed by atoms with van der Waals surface area (Å²) in [4.78, 5) is 0. The third kappa shape index (κ3) is 4.41. The zero-order chi connectivity index (χ0) is 10.6. The van der Waals surface area contributed by atoms with Gasteiger partial charge in [-0.2, -0.15) is 0 Å². The summed E-state index contributed by atoms with van der Waals surface area (Å²) in [5.41, 5.74) is 6.80. The molecular weight excluding hydrogens is 277 g/mol. The molecule has 0 heterocycles. The van der Waals surface area contributed by atoms with Crippen molar-refractivity contribution in [2.24, 2.45) is 5.73 Å². The summed E-state index contributed by atoms with van der Waals surface area (Å²) in [6, 6.07) is 5.30. The van der Waals surface area contributed by atoms with E-state index >= 15 is 0 Å². The van der Waals surface area contributed by atoms with Gasteiger partial charge in [0.25, 0.3) is 0 Å². The van der Waals surface area contributed by atoms with Crippen LogP contribution in [-0.2, 0) is 0 Å². The van der Waals surface area contributed by atoms with Crippen LogP contribution in [0.2, 0.25) is 0 Å². The summed E-state index contributed by atoms with van der Waals surface area (Å²) in [5.74, 6) is 0.289. The maximum Gasteiger partial charge on any atom is 0.120 e. The van der Waals surface area contributed by atoms with Crippen LogP contribution >= 0.6 is 28.3 Å². The summed E-state index contributed by atoms with van der Waals surface area (Å²) in [5, 5.41) is 9.60. The molecule has 1 aromatic carbocycles. The molecule has 0 unspecified atom stereocenters. The number of hydrogen-bond donors (Lipinski definition) is 2. The molecular formula is C11H17BrClNO. The highest BCUT2D eigenvalue weighted by Gasteiger charge is 2.10. The molecule has 0 fully saturated rings. The zero-order valence-electron chi connectivity index (χ0n) is 8.74. The van der Waals surface area contributed by atoms with Crippen LogP contribution in [0, 0.1) is 0 Å². The van der Waals surface area contributed by atoms with Crippen molar-refractivity contribution in [2.45, 2.75) is 32.2 Å². The maximum absolute atomic E-state index is 9.60. The van der Waals surface area contributed by atoms with E-state index in [9.17, 15) is 5.11 Å². The Morgan fingerprint density at radius 3 is 2.73 bits per heavy atom. The van der Waals surface area contributed by atoms with Gasteiger partial charge in [0.2, 0.25) is 0 Å². The van der Waals surface area contributed by atoms with Crippen molar-refractivity contribution in [1.82, 2.24) is 0 Å². The molecule has 0 radical (unpaired) electrons. The molecule has 0 aliphatic rings. The lowest BCUT2D eigenvalue weighted by Crippen LogP contribution is -2.10. The average molecular weight is 295 g/mol. The van der Waals surface area contributed by atoms with Crippen LogP contribution in [0.25, 0.3) is 0 Å². The highest BCUT2D eigenvalue weighted by Crippen LogP contribution is 2.28. The molecule has 1 atom stereocenters. The van der Waals surface area contributed by atoms with E-state index in [4.69, 9.17) is 5.73 Å². The molecule has 0 saturated heterocycles. The second-order valence-electron chi connectivity index (χ2n) is 3.45. The summed E-state index contributed by atoms with van der Waals surface area (Å²) in [7, 11) is 0. The second-order valence-corrected chi connectivity index (χ2v) is 4.37. The van der Waals surface area contributed by atoms with E-state index < -0.39 is 0 Å². The van der Waals surface area contributed by atoms with E-state index in [0.717, 1.165) is 29.3 Å². The number of hydrogen-bond acceptors (Lipinski definition) is 2. The molecule has 0 saturated carbocycles. The van der Waals surface area contributed by atoms with Gasteiger partial charge in [-0.1, -0.05) is 35.7 Å². The van der Waals surface area contributed by atoms with Crippen LogP contribution in [-0.4, -0.2) is 5.11 Å². The van der Waals surface area contributed by atoms with E-state index in [1.807, 2.05) is 12.1 Å². The Hall–Kier alpha value is -0.250. The molecule has 4 heteroatoms. The molecule has 2 nitrogen and oxygen atoms in total. The topological polar surface area (TPSA) is 46.2 Å². The molecule has 0 bridgehead atoms. The van der Waals surface area contributed by atoms with Crippen molar-refractivity contribution in [3.05, 3.63) is 28.2 Å². The first-order valence-electron chi connectivity index (χ1n) is 4.89. The van der Waals surface area contributed by atoms with Gasteiger partial charge >= 0.3 is 0 Å². The Balaban J connectivity index is 0.00000196. The molecule has 86 valence electrons. The Morgan fingerprint density at radius 2 is 2.13 bits per heavy atom. The largest absolute Gasteiger partial charge is 0.508 e. The fourth-order valence-electron chi connectivity index (χ4n) is 1.40. The van der Waals surface area contributed by atoms with Crippen LogP contribution < -0.4 is 5.73 Å². The van der Waals surface area contributed by atoms with Crippen LogP contribution in [0.15, 0.2) is 22.7 Å². The van der Waals surface area contributed by atoms with Crippen molar-refractivity contribution in [3.8, 4) is 5.75 Å². The number of phenols is 1. The molecule has 0 aromatic heterocycles. The molecule has 0 amide bonds. The molecule has 0 aliphatic heterocycles. The first-order valence-corrected chi connectivity index (χ1v) is 5.68. The van der Waals surface area contributed by atoms with Crippen molar-refractivity contribution in [2.75, 3.05) is 0 Å².